The Kier molecular flexibility index (Phi) is 5.10. The monoisotopic (exact) mass is 145 g/mol. The molecule has 1 N–H and O–H groups in total. The van der Waals surface area contributed by atoms with Gasteiger partial charge in [0.2, 0.25) is 0 Å². The fourth-order valence-electron chi connectivity index (χ4n) is 1.12. The average Bonchev–Trinajstić information content (AvgIpc) is 1.82. The highest BCUT2D eigenvalue weighted by atomic mass is 28.3. The lowest BCUT2D eigenvalue weighted by molar-refractivity contribution is 0.925. The second-order valence-electron chi connectivity index (χ2n) is 2.93. The molecule has 2 heteroatoms. The second kappa shape index (κ2) is 5.00. The molecule has 0 aliphatic carbocycles. The van der Waals surface area contributed by atoms with E-state index in [0.29, 0.717) is 0 Å². The first-order valence-electron chi connectivity index (χ1n) is 3.89. The molecule has 0 aromatic rings. The molecule has 0 spiro atoms. The zero-order valence-corrected chi connectivity index (χ0v) is 8.22. The van der Waals surface area contributed by atoms with Crippen molar-refractivity contribution in [2.24, 2.45) is 0 Å². The Morgan fingerprint density at radius 1 is 1.44 bits per heavy atom. The largest absolute Gasteiger partial charge is 0.342 e. The molecule has 56 valence electrons. The summed E-state index contributed by atoms with van der Waals surface area (Å²) in [6.07, 6.45) is 1.34. The summed E-state index contributed by atoms with van der Waals surface area (Å²) < 4.78 is 0. The Balaban J connectivity index is 3.41. The van der Waals surface area contributed by atoms with E-state index < -0.39 is 8.96 Å². The summed E-state index contributed by atoms with van der Waals surface area (Å²) in [6, 6.07) is 1.44. The SMILES string of the molecule is CCC[SiH](NC)C(C)C. The van der Waals surface area contributed by atoms with E-state index in [1.165, 1.54) is 12.5 Å². The Labute approximate surface area is 60.5 Å². The van der Waals surface area contributed by atoms with Crippen molar-refractivity contribution in [2.75, 3.05) is 7.05 Å². The highest BCUT2D eigenvalue weighted by molar-refractivity contribution is 6.57. The molecule has 1 unspecified atom stereocenters. The molecule has 0 heterocycles. The maximum Gasteiger partial charge on any atom is 0.111 e. The summed E-state index contributed by atoms with van der Waals surface area (Å²) >= 11 is 0. The predicted octanol–water partition coefficient (Wildman–Crippen LogP) is 1.75. The van der Waals surface area contributed by atoms with Crippen LogP contribution in [0.3, 0.4) is 0 Å². The average molecular weight is 145 g/mol. The zero-order valence-electron chi connectivity index (χ0n) is 7.07. The van der Waals surface area contributed by atoms with Crippen LogP contribution in [0.5, 0.6) is 0 Å². The predicted molar refractivity (Wildman–Crippen MR) is 46.4 cm³/mol. The topological polar surface area (TPSA) is 12.0 Å². The summed E-state index contributed by atoms with van der Waals surface area (Å²) in [5.41, 5.74) is 0.912. The van der Waals surface area contributed by atoms with Gasteiger partial charge >= 0.3 is 0 Å². The van der Waals surface area contributed by atoms with Crippen LogP contribution < -0.4 is 4.98 Å². The third kappa shape index (κ3) is 3.70. The van der Waals surface area contributed by atoms with Gasteiger partial charge in [0.05, 0.1) is 0 Å². The molecule has 9 heavy (non-hydrogen) atoms. The van der Waals surface area contributed by atoms with E-state index in [-0.39, 0.29) is 0 Å². The van der Waals surface area contributed by atoms with Gasteiger partial charge in [0.15, 0.2) is 0 Å². The first kappa shape index (κ1) is 9.18. The van der Waals surface area contributed by atoms with E-state index >= 15 is 0 Å². The van der Waals surface area contributed by atoms with Crippen LogP contribution in [0.4, 0.5) is 0 Å². The normalized spacial score (nSPS) is 14.3. The summed E-state index contributed by atoms with van der Waals surface area (Å²) in [5.74, 6) is 0. The highest BCUT2D eigenvalue weighted by Gasteiger charge is 2.10. The van der Waals surface area contributed by atoms with Crippen molar-refractivity contribution in [1.82, 2.24) is 4.98 Å². The lowest BCUT2D eigenvalue weighted by atomic mass is 10.6. The van der Waals surface area contributed by atoms with Gasteiger partial charge in [-0.3, -0.25) is 0 Å². The number of hydrogen-bond acceptors (Lipinski definition) is 1. The maximum atomic E-state index is 3.44. The van der Waals surface area contributed by atoms with Crippen LogP contribution in [0, 0.1) is 0 Å². The number of rotatable bonds is 4. The summed E-state index contributed by atoms with van der Waals surface area (Å²) in [6.45, 7) is 6.91. The van der Waals surface area contributed by atoms with Crippen molar-refractivity contribution in [3.05, 3.63) is 0 Å². The molecule has 0 rings (SSSR count). The molecule has 0 amide bonds. The van der Waals surface area contributed by atoms with Crippen molar-refractivity contribution >= 4 is 8.96 Å². The molecule has 0 aliphatic heterocycles. The molecular weight excluding hydrogens is 126 g/mol. The maximum absolute atomic E-state index is 3.44. The number of hydrogen-bond donors (Lipinski definition) is 1. The highest BCUT2D eigenvalue weighted by Crippen LogP contribution is 2.09. The minimum Gasteiger partial charge on any atom is -0.342 e. The molecule has 0 fully saturated rings. The summed E-state index contributed by atoms with van der Waals surface area (Å²) in [7, 11) is 1.57. The molecule has 0 saturated heterocycles. The van der Waals surface area contributed by atoms with Crippen molar-refractivity contribution < 1.29 is 0 Å². The van der Waals surface area contributed by atoms with E-state index in [4.69, 9.17) is 0 Å². The first-order chi connectivity index (χ1) is 4.22. The van der Waals surface area contributed by atoms with Crippen molar-refractivity contribution in [3.63, 3.8) is 0 Å². The van der Waals surface area contributed by atoms with Gasteiger partial charge in [0.25, 0.3) is 0 Å². The standard InChI is InChI=1S/C7H19NSi/c1-5-6-9(8-4)7(2)3/h7-9H,5-6H2,1-4H3. The van der Waals surface area contributed by atoms with Gasteiger partial charge in [0.1, 0.15) is 8.96 Å². The third-order valence-electron chi connectivity index (χ3n) is 1.78. The lowest BCUT2D eigenvalue weighted by Gasteiger charge is -2.16. The van der Waals surface area contributed by atoms with Crippen LogP contribution in [0.1, 0.15) is 27.2 Å². The Morgan fingerprint density at radius 2 is 2.00 bits per heavy atom. The van der Waals surface area contributed by atoms with Crippen LogP contribution in [-0.4, -0.2) is 16.0 Å². The first-order valence-corrected chi connectivity index (χ1v) is 5.95. The molecule has 0 aromatic heterocycles. The minimum absolute atomic E-state index is 0.536. The van der Waals surface area contributed by atoms with Crippen LogP contribution in [-0.2, 0) is 0 Å². The molecule has 0 bridgehead atoms. The zero-order chi connectivity index (χ0) is 7.28. The van der Waals surface area contributed by atoms with Crippen molar-refractivity contribution in [3.8, 4) is 0 Å². The van der Waals surface area contributed by atoms with E-state index in [2.05, 4.69) is 32.8 Å². The molecule has 0 aliphatic rings. The fourth-order valence-corrected chi connectivity index (χ4v) is 3.37. The van der Waals surface area contributed by atoms with Gasteiger partial charge < -0.3 is 4.98 Å². The quantitative estimate of drug-likeness (QED) is 0.594. The van der Waals surface area contributed by atoms with Crippen molar-refractivity contribution in [1.29, 1.82) is 0 Å². The van der Waals surface area contributed by atoms with E-state index in [9.17, 15) is 0 Å². The van der Waals surface area contributed by atoms with E-state index in [1.807, 2.05) is 0 Å². The number of nitrogens with one attached hydrogen (secondary N) is 1. The summed E-state index contributed by atoms with van der Waals surface area (Å²) in [4.78, 5) is 3.44. The van der Waals surface area contributed by atoms with Gasteiger partial charge in [-0.2, -0.15) is 0 Å². The van der Waals surface area contributed by atoms with Crippen molar-refractivity contribution in [2.45, 2.75) is 38.8 Å². The molecule has 0 radical (unpaired) electrons. The smallest absolute Gasteiger partial charge is 0.111 e. The van der Waals surface area contributed by atoms with Gasteiger partial charge in [-0.15, -0.1) is 0 Å². The van der Waals surface area contributed by atoms with Crippen LogP contribution >= 0.6 is 0 Å². The Morgan fingerprint density at radius 3 is 2.11 bits per heavy atom. The van der Waals surface area contributed by atoms with Gasteiger partial charge in [-0.1, -0.05) is 27.2 Å². The van der Waals surface area contributed by atoms with Crippen LogP contribution in [0.15, 0.2) is 0 Å². The van der Waals surface area contributed by atoms with Crippen LogP contribution in [0.25, 0.3) is 0 Å². The molecule has 1 atom stereocenters. The lowest BCUT2D eigenvalue weighted by Crippen LogP contribution is -2.32. The third-order valence-corrected chi connectivity index (χ3v) is 5.33. The summed E-state index contributed by atoms with van der Waals surface area (Å²) in [5, 5.41) is 0. The van der Waals surface area contributed by atoms with Gasteiger partial charge in [-0.25, -0.2) is 0 Å². The Hall–Kier alpha value is 0.177. The Bertz CT molecular complexity index is 63.9. The minimum atomic E-state index is -0.536. The molecule has 0 saturated carbocycles. The van der Waals surface area contributed by atoms with E-state index in [0.717, 1.165) is 5.54 Å². The fraction of sp³-hybridized carbons (Fsp3) is 1.00. The molecular formula is C7H19NSi. The van der Waals surface area contributed by atoms with E-state index in [1.54, 1.807) is 0 Å². The molecule has 0 aromatic carbocycles. The van der Waals surface area contributed by atoms with Gasteiger partial charge in [-0.05, 0) is 18.6 Å². The molecule has 1 nitrogen and oxygen atoms in total. The van der Waals surface area contributed by atoms with Crippen LogP contribution in [0.2, 0.25) is 11.6 Å². The van der Waals surface area contributed by atoms with Gasteiger partial charge in [0, 0.05) is 0 Å². The second-order valence-corrected chi connectivity index (χ2v) is 6.63.